The molecule has 1 aliphatic rings. The summed E-state index contributed by atoms with van der Waals surface area (Å²) in [6.07, 6.45) is 3.06. The zero-order valence-corrected chi connectivity index (χ0v) is 16.8. The molecule has 3 nitrogen and oxygen atoms in total. The van der Waals surface area contributed by atoms with E-state index in [2.05, 4.69) is 0 Å². The van der Waals surface area contributed by atoms with Crippen molar-refractivity contribution in [2.75, 3.05) is 13.7 Å². The topological polar surface area (TPSA) is 27.7 Å². The molecule has 0 amide bonds. The molecule has 1 saturated carbocycles. The molecule has 0 aliphatic heterocycles. The molecule has 0 unspecified atom stereocenters. The second-order valence-electron chi connectivity index (χ2n) is 7.33. The molecule has 0 heterocycles. The molecule has 158 valence electrons. The fourth-order valence-electron chi connectivity index (χ4n) is 3.80. The average molecular weight is 408 g/mol. The number of rotatable bonds is 8. The predicted molar refractivity (Wildman–Crippen MR) is 104 cm³/mol. The van der Waals surface area contributed by atoms with Crippen LogP contribution >= 0.6 is 0 Å². The van der Waals surface area contributed by atoms with Gasteiger partial charge >= 0.3 is 0 Å². The van der Waals surface area contributed by atoms with E-state index in [9.17, 15) is 13.2 Å². The molecule has 1 aliphatic carbocycles. The molecule has 6 heteroatoms. The predicted octanol–water partition coefficient (Wildman–Crippen LogP) is 5.89. The molecule has 2 aromatic rings. The molecule has 2 aromatic carbocycles. The molecule has 29 heavy (non-hydrogen) atoms. The molecule has 0 spiro atoms. The van der Waals surface area contributed by atoms with Crippen molar-refractivity contribution in [3.63, 3.8) is 0 Å². The summed E-state index contributed by atoms with van der Waals surface area (Å²) < 4.78 is 58.3. The second-order valence-corrected chi connectivity index (χ2v) is 7.33. The molecular formula is C23H27F3O3. The highest BCUT2D eigenvalue weighted by Gasteiger charge is 2.25. The fourth-order valence-corrected chi connectivity index (χ4v) is 3.80. The van der Waals surface area contributed by atoms with Crippen LogP contribution in [0.1, 0.15) is 55.2 Å². The first-order valence-electron chi connectivity index (χ1n) is 10.0. The van der Waals surface area contributed by atoms with Crippen molar-refractivity contribution in [3.05, 3.63) is 64.5 Å². The van der Waals surface area contributed by atoms with Crippen LogP contribution in [-0.4, -0.2) is 19.8 Å². The number of hydrogen-bond acceptors (Lipinski definition) is 3. The number of methoxy groups -OCH3 is 1. The number of ether oxygens (including phenoxy) is 3. The van der Waals surface area contributed by atoms with Crippen LogP contribution in [0.2, 0.25) is 0 Å². The van der Waals surface area contributed by atoms with Gasteiger partial charge in [-0.05, 0) is 67.9 Å². The van der Waals surface area contributed by atoms with Crippen molar-refractivity contribution < 1.29 is 27.4 Å². The smallest absolute Gasteiger partial charge is 0.200 e. The lowest BCUT2D eigenvalue weighted by Gasteiger charge is -2.29. The van der Waals surface area contributed by atoms with Gasteiger partial charge in [0.15, 0.2) is 11.6 Å². The van der Waals surface area contributed by atoms with Crippen LogP contribution in [0.3, 0.4) is 0 Å². The zero-order chi connectivity index (χ0) is 20.8. The minimum atomic E-state index is -0.999. The first-order valence-corrected chi connectivity index (χ1v) is 10.0. The van der Waals surface area contributed by atoms with E-state index in [4.69, 9.17) is 14.2 Å². The van der Waals surface area contributed by atoms with Crippen molar-refractivity contribution in [2.24, 2.45) is 0 Å². The lowest BCUT2D eigenvalue weighted by atomic mass is 9.82. The Morgan fingerprint density at radius 2 is 1.69 bits per heavy atom. The van der Waals surface area contributed by atoms with Crippen LogP contribution in [0.25, 0.3) is 0 Å². The third kappa shape index (κ3) is 5.31. The van der Waals surface area contributed by atoms with Crippen molar-refractivity contribution in [3.8, 4) is 5.75 Å². The average Bonchev–Trinajstić information content (AvgIpc) is 2.74. The summed E-state index contributed by atoms with van der Waals surface area (Å²) in [5.41, 5.74) is 1.73. The van der Waals surface area contributed by atoms with Crippen LogP contribution < -0.4 is 4.74 Å². The maximum Gasteiger partial charge on any atom is 0.200 e. The lowest BCUT2D eigenvalue weighted by molar-refractivity contribution is 0.0116. The van der Waals surface area contributed by atoms with E-state index in [1.807, 2.05) is 19.1 Å². The van der Waals surface area contributed by atoms with Gasteiger partial charge in [0.25, 0.3) is 0 Å². The van der Waals surface area contributed by atoms with Gasteiger partial charge in [0.1, 0.15) is 5.82 Å². The summed E-state index contributed by atoms with van der Waals surface area (Å²) in [5, 5.41) is 0. The Morgan fingerprint density at radius 1 is 0.931 bits per heavy atom. The highest BCUT2D eigenvalue weighted by atomic mass is 19.2. The van der Waals surface area contributed by atoms with Gasteiger partial charge < -0.3 is 14.2 Å². The van der Waals surface area contributed by atoms with Gasteiger partial charge in [0, 0.05) is 12.2 Å². The van der Waals surface area contributed by atoms with Crippen LogP contribution in [0.15, 0.2) is 30.3 Å². The van der Waals surface area contributed by atoms with E-state index in [1.54, 1.807) is 6.07 Å². The summed E-state index contributed by atoms with van der Waals surface area (Å²) in [7, 11) is 1.29. The third-order valence-corrected chi connectivity index (χ3v) is 5.47. The minimum absolute atomic E-state index is 0.00255. The van der Waals surface area contributed by atoms with Crippen molar-refractivity contribution >= 4 is 0 Å². The SMILES string of the molecule is CCOCc1ccc(C2CCC(OCc3ccc(OC)c(F)c3F)CC2)c(F)c1. The van der Waals surface area contributed by atoms with Gasteiger partial charge in [-0.3, -0.25) is 0 Å². The second kappa shape index (κ2) is 10.1. The lowest BCUT2D eigenvalue weighted by Crippen LogP contribution is -2.21. The Kier molecular flexibility index (Phi) is 7.56. The van der Waals surface area contributed by atoms with Gasteiger partial charge in [0.2, 0.25) is 5.82 Å². The quantitative estimate of drug-likeness (QED) is 0.545. The van der Waals surface area contributed by atoms with Crippen molar-refractivity contribution in [2.45, 2.75) is 57.8 Å². The Labute approximate surface area is 169 Å². The molecular weight excluding hydrogens is 381 g/mol. The first kappa shape index (κ1) is 21.7. The van der Waals surface area contributed by atoms with Gasteiger partial charge in [-0.1, -0.05) is 12.1 Å². The normalized spacial score (nSPS) is 19.3. The van der Waals surface area contributed by atoms with Crippen LogP contribution in [0, 0.1) is 17.5 Å². The van der Waals surface area contributed by atoms with Crippen LogP contribution in [-0.2, 0) is 22.7 Å². The van der Waals surface area contributed by atoms with Crippen LogP contribution in [0.4, 0.5) is 13.2 Å². The van der Waals surface area contributed by atoms with E-state index in [0.717, 1.165) is 36.8 Å². The summed E-state index contributed by atoms with van der Waals surface area (Å²) in [4.78, 5) is 0. The summed E-state index contributed by atoms with van der Waals surface area (Å²) in [6, 6.07) is 8.19. The largest absolute Gasteiger partial charge is 0.494 e. The molecule has 0 N–H and O–H groups in total. The highest BCUT2D eigenvalue weighted by molar-refractivity contribution is 5.31. The van der Waals surface area contributed by atoms with E-state index < -0.39 is 11.6 Å². The van der Waals surface area contributed by atoms with Crippen LogP contribution in [0.5, 0.6) is 5.75 Å². The summed E-state index contributed by atoms with van der Waals surface area (Å²) >= 11 is 0. The number of halogens is 3. The van der Waals surface area contributed by atoms with E-state index in [1.165, 1.54) is 19.2 Å². The maximum absolute atomic E-state index is 14.5. The Bertz CT molecular complexity index is 817. The van der Waals surface area contributed by atoms with E-state index in [-0.39, 0.29) is 35.8 Å². The third-order valence-electron chi connectivity index (χ3n) is 5.47. The Balaban J connectivity index is 1.53. The van der Waals surface area contributed by atoms with Gasteiger partial charge in [-0.15, -0.1) is 0 Å². The molecule has 0 saturated heterocycles. The number of benzene rings is 2. The summed E-state index contributed by atoms with van der Waals surface area (Å²) in [5.74, 6) is -2.11. The van der Waals surface area contributed by atoms with Crippen molar-refractivity contribution in [1.82, 2.24) is 0 Å². The molecule has 3 rings (SSSR count). The molecule has 1 fully saturated rings. The highest BCUT2D eigenvalue weighted by Crippen LogP contribution is 2.36. The van der Waals surface area contributed by atoms with Gasteiger partial charge in [-0.25, -0.2) is 8.78 Å². The maximum atomic E-state index is 14.5. The summed E-state index contributed by atoms with van der Waals surface area (Å²) in [6.45, 7) is 2.92. The van der Waals surface area contributed by atoms with Crippen molar-refractivity contribution in [1.29, 1.82) is 0 Å². The first-order chi connectivity index (χ1) is 14.0. The standard InChI is InChI=1S/C23H27F3O3/c1-3-28-13-15-4-10-19(20(24)12-15)16-5-8-18(9-6-16)29-14-17-7-11-21(27-2)23(26)22(17)25/h4,7,10-12,16,18H,3,5-6,8-9,13-14H2,1-2H3. The van der Waals surface area contributed by atoms with Gasteiger partial charge in [-0.2, -0.15) is 4.39 Å². The van der Waals surface area contributed by atoms with E-state index in [0.29, 0.717) is 13.2 Å². The molecule has 0 aromatic heterocycles. The number of hydrogen-bond donors (Lipinski definition) is 0. The Morgan fingerprint density at radius 3 is 2.34 bits per heavy atom. The van der Waals surface area contributed by atoms with Gasteiger partial charge in [0.05, 0.1) is 26.4 Å². The molecule has 0 radical (unpaired) electrons. The Hall–Kier alpha value is -2.05. The van der Waals surface area contributed by atoms with E-state index >= 15 is 0 Å². The minimum Gasteiger partial charge on any atom is -0.494 e. The molecule has 0 bridgehead atoms. The fraction of sp³-hybridized carbons (Fsp3) is 0.478. The monoisotopic (exact) mass is 408 g/mol. The molecule has 0 atom stereocenters. The zero-order valence-electron chi connectivity index (χ0n) is 16.8.